The Morgan fingerprint density at radius 2 is 2.15 bits per heavy atom. The molecule has 0 amide bonds. The van der Waals surface area contributed by atoms with Crippen LogP contribution in [-0.4, -0.2) is 26.9 Å². The van der Waals surface area contributed by atoms with Crippen molar-refractivity contribution in [3.63, 3.8) is 0 Å². The summed E-state index contributed by atoms with van der Waals surface area (Å²) in [6, 6.07) is 3.81. The van der Waals surface area contributed by atoms with Gasteiger partial charge in [0.2, 0.25) is 0 Å². The van der Waals surface area contributed by atoms with Crippen molar-refractivity contribution in [3.05, 3.63) is 27.7 Å². The van der Waals surface area contributed by atoms with Gasteiger partial charge in [0, 0.05) is 29.7 Å². The average Bonchev–Trinajstić information content (AvgIpc) is 2.91. The lowest BCUT2D eigenvalue weighted by Crippen LogP contribution is -2.30. The summed E-state index contributed by atoms with van der Waals surface area (Å²) in [6.07, 6.45) is 2.30. The number of ether oxygens (including phenoxy) is 2. The smallest absolute Gasteiger partial charge is 0.138 e. The summed E-state index contributed by atoms with van der Waals surface area (Å²) in [6.45, 7) is 2.96. The summed E-state index contributed by atoms with van der Waals surface area (Å²) < 4.78 is 11.0. The molecule has 3 atom stereocenters. The van der Waals surface area contributed by atoms with Gasteiger partial charge in [0.05, 0.1) is 18.2 Å². The Bertz CT molecular complexity index is 467. The minimum atomic E-state index is 0.137. The molecule has 0 aromatic heterocycles. The quantitative estimate of drug-likeness (QED) is 0.887. The first-order valence-electron chi connectivity index (χ1n) is 6.94. The van der Waals surface area contributed by atoms with Crippen molar-refractivity contribution in [1.82, 2.24) is 5.32 Å². The molecule has 112 valence electrons. The number of benzene rings is 1. The second-order valence-corrected chi connectivity index (χ2v) is 5.86. The summed E-state index contributed by atoms with van der Waals surface area (Å²) in [5, 5.41) is 4.62. The Hall–Kier alpha value is -0.480. The van der Waals surface area contributed by atoms with Crippen LogP contribution in [0.3, 0.4) is 0 Å². The first-order chi connectivity index (χ1) is 9.62. The van der Waals surface area contributed by atoms with Gasteiger partial charge in [0.1, 0.15) is 5.75 Å². The molecule has 0 spiro atoms. The van der Waals surface area contributed by atoms with E-state index in [1.165, 1.54) is 0 Å². The zero-order valence-electron chi connectivity index (χ0n) is 12.1. The van der Waals surface area contributed by atoms with E-state index >= 15 is 0 Å². The fraction of sp³-hybridized carbons (Fsp3) is 0.600. The Kier molecular flexibility index (Phi) is 5.56. The van der Waals surface area contributed by atoms with Crippen molar-refractivity contribution in [2.75, 3.05) is 20.8 Å². The first kappa shape index (κ1) is 15.9. The van der Waals surface area contributed by atoms with Crippen LogP contribution in [0.1, 0.15) is 31.4 Å². The van der Waals surface area contributed by atoms with E-state index in [4.69, 9.17) is 32.7 Å². The molecule has 1 saturated heterocycles. The third-order valence-electron chi connectivity index (χ3n) is 4.01. The largest absolute Gasteiger partial charge is 0.495 e. The molecular weight excluding hydrogens is 297 g/mol. The van der Waals surface area contributed by atoms with Gasteiger partial charge in [-0.15, -0.1) is 0 Å². The summed E-state index contributed by atoms with van der Waals surface area (Å²) in [5.41, 5.74) is 1.01. The molecule has 5 heteroatoms. The monoisotopic (exact) mass is 317 g/mol. The molecule has 1 aliphatic rings. The van der Waals surface area contributed by atoms with E-state index in [1.807, 2.05) is 13.1 Å². The number of nitrogens with one attached hydrogen (secondary N) is 1. The van der Waals surface area contributed by atoms with E-state index in [1.54, 1.807) is 13.2 Å². The average molecular weight is 318 g/mol. The third kappa shape index (κ3) is 3.06. The lowest BCUT2D eigenvalue weighted by Gasteiger charge is -2.28. The number of methoxy groups -OCH3 is 1. The zero-order valence-corrected chi connectivity index (χ0v) is 13.6. The molecule has 3 unspecified atom stereocenters. The SMILES string of the molecule is CCC1OCCC1C(NC)c1cc(Cl)c(OC)cc1Cl. The molecule has 1 fully saturated rings. The van der Waals surface area contributed by atoms with E-state index < -0.39 is 0 Å². The van der Waals surface area contributed by atoms with Gasteiger partial charge < -0.3 is 14.8 Å². The number of hydrogen-bond acceptors (Lipinski definition) is 3. The maximum atomic E-state index is 6.40. The van der Waals surface area contributed by atoms with Crippen molar-refractivity contribution in [2.24, 2.45) is 5.92 Å². The molecule has 20 heavy (non-hydrogen) atoms. The van der Waals surface area contributed by atoms with E-state index in [0.717, 1.165) is 25.0 Å². The predicted octanol–water partition coefficient (Wildman–Crippen LogP) is 4.08. The van der Waals surface area contributed by atoms with Crippen molar-refractivity contribution >= 4 is 23.2 Å². The van der Waals surface area contributed by atoms with Gasteiger partial charge in [-0.05, 0) is 31.5 Å². The van der Waals surface area contributed by atoms with Crippen LogP contribution >= 0.6 is 23.2 Å². The van der Waals surface area contributed by atoms with Crippen LogP contribution in [0, 0.1) is 5.92 Å². The standard InChI is InChI=1S/C15H21Cl2NO2/c1-4-13-9(5-6-20-13)15(18-2)10-7-12(17)14(19-3)8-11(10)16/h7-9,13,15,18H,4-6H2,1-3H3. The van der Waals surface area contributed by atoms with Crippen LogP contribution < -0.4 is 10.1 Å². The van der Waals surface area contributed by atoms with Crippen molar-refractivity contribution in [3.8, 4) is 5.75 Å². The van der Waals surface area contributed by atoms with E-state index in [-0.39, 0.29) is 12.1 Å². The maximum Gasteiger partial charge on any atom is 0.138 e. The molecule has 1 aliphatic heterocycles. The summed E-state index contributed by atoms with van der Waals surface area (Å²) in [5.74, 6) is 1.01. The molecule has 1 N–H and O–H groups in total. The van der Waals surface area contributed by atoms with Gasteiger partial charge in [0.15, 0.2) is 0 Å². The minimum Gasteiger partial charge on any atom is -0.495 e. The summed E-state index contributed by atoms with van der Waals surface area (Å²) in [4.78, 5) is 0. The van der Waals surface area contributed by atoms with Crippen LogP contribution in [0.4, 0.5) is 0 Å². The van der Waals surface area contributed by atoms with Crippen LogP contribution in [0.25, 0.3) is 0 Å². The van der Waals surface area contributed by atoms with Gasteiger partial charge in [-0.2, -0.15) is 0 Å². The molecule has 0 bridgehead atoms. The maximum absolute atomic E-state index is 6.40. The first-order valence-corrected chi connectivity index (χ1v) is 7.69. The molecule has 2 rings (SSSR count). The lowest BCUT2D eigenvalue weighted by molar-refractivity contribution is 0.0782. The van der Waals surface area contributed by atoms with E-state index in [9.17, 15) is 0 Å². The highest BCUT2D eigenvalue weighted by molar-refractivity contribution is 6.34. The minimum absolute atomic E-state index is 0.137. The Labute approximate surface area is 130 Å². The molecule has 0 radical (unpaired) electrons. The predicted molar refractivity (Wildman–Crippen MR) is 83.0 cm³/mol. The highest BCUT2D eigenvalue weighted by Gasteiger charge is 2.34. The lowest BCUT2D eigenvalue weighted by atomic mass is 9.86. The Morgan fingerprint density at radius 1 is 1.40 bits per heavy atom. The molecule has 3 nitrogen and oxygen atoms in total. The Morgan fingerprint density at radius 3 is 2.75 bits per heavy atom. The summed E-state index contributed by atoms with van der Waals surface area (Å²) in [7, 11) is 3.54. The van der Waals surface area contributed by atoms with Crippen molar-refractivity contribution in [1.29, 1.82) is 0 Å². The number of halogens is 2. The fourth-order valence-corrected chi connectivity index (χ4v) is 3.53. The molecule has 1 aromatic carbocycles. The number of hydrogen-bond donors (Lipinski definition) is 1. The van der Waals surface area contributed by atoms with Crippen LogP contribution in [0.5, 0.6) is 5.75 Å². The van der Waals surface area contributed by atoms with Crippen LogP contribution in [0.15, 0.2) is 12.1 Å². The highest BCUT2D eigenvalue weighted by atomic mass is 35.5. The highest BCUT2D eigenvalue weighted by Crippen LogP contribution is 2.40. The second kappa shape index (κ2) is 6.99. The molecule has 0 saturated carbocycles. The van der Waals surface area contributed by atoms with Crippen molar-refractivity contribution < 1.29 is 9.47 Å². The second-order valence-electron chi connectivity index (χ2n) is 5.04. The molecule has 0 aliphatic carbocycles. The summed E-state index contributed by atoms with van der Waals surface area (Å²) >= 11 is 12.6. The Balaban J connectivity index is 2.34. The van der Waals surface area contributed by atoms with Gasteiger partial charge in [-0.25, -0.2) is 0 Å². The topological polar surface area (TPSA) is 30.5 Å². The van der Waals surface area contributed by atoms with Gasteiger partial charge in [-0.3, -0.25) is 0 Å². The molecule has 1 aromatic rings. The zero-order chi connectivity index (χ0) is 14.7. The number of rotatable bonds is 5. The molecular formula is C15H21Cl2NO2. The fourth-order valence-electron chi connectivity index (χ4n) is 3.01. The van der Waals surface area contributed by atoms with E-state index in [2.05, 4.69) is 12.2 Å². The van der Waals surface area contributed by atoms with Gasteiger partial charge in [-0.1, -0.05) is 30.1 Å². The third-order valence-corrected chi connectivity index (χ3v) is 4.63. The normalized spacial score (nSPS) is 23.9. The van der Waals surface area contributed by atoms with Crippen LogP contribution in [0.2, 0.25) is 10.0 Å². The molecule has 1 heterocycles. The van der Waals surface area contributed by atoms with E-state index in [0.29, 0.717) is 21.7 Å². The van der Waals surface area contributed by atoms with Gasteiger partial charge >= 0.3 is 0 Å². The van der Waals surface area contributed by atoms with Gasteiger partial charge in [0.25, 0.3) is 0 Å². The van der Waals surface area contributed by atoms with Crippen LogP contribution in [-0.2, 0) is 4.74 Å². The van der Waals surface area contributed by atoms with Crippen molar-refractivity contribution in [2.45, 2.75) is 31.9 Å².